The SMILES string of the molecule is O=C(O[Si](c1ccccc1)(c1ccccc1)c1ccccc1)c1cc2c(cc1[N+](=O)[O-])OCO2. The molecule has 0 aliphatic carbocycles. The van der Waals surface area contributed by atoms with Crippen molar-refractivity contribution in [1.82, 2.24) is 0 Å². The van der Waals surface area contributed by atoms with E-state index in [1.165, 1.54) is 12.1 Å². The minimum atomic E-state index is -3.40. The Morgan fingerprint density at radius 2 is 1.21 bits per heavy atom. The van der Waals surface area contributed by atoms with Crippen LogP contribution < -0.4 is 25.0 Å². The normalized spacial score (nSPS) is 12.2. The summed E-state index contributed by atoms with van der Waals surface area (Å²) in [6, 6.07) is 31.1. The van der Waals surface area contributed by atoms with Crippen LogP contribution in [0.15, 0.2) is 103 Å². The van der Waals surface area contributed by atoms with Gasteiger partial charge in [0.15, 0.2) is 11.5 Å². The maximum atomic E-state index is 13.7. The Balaban J connectivity index is 1.72. The molecule has 0 amide bonds. The van der Waals surface area contributed by atoms with Gasteiger partial charge < -0.3 is 13.9 Å². The van der Waals surface area contributed by atoms with Gasteiger partial charge in [-0.25, -0.2) is 4.79 Å². The molecule has 168 valence electrons. The quantitative estimate of drug-likeness (QED) is 0.187. The molecule has 4 aromatic rings. The molecule has 0 N–H and O–H groups in total. The van der Waals surface area contributed by atoms with Crippen LogP contribution in [0.1, 0.15) is 10.4 Å². The number of hydrogen-bond donors (Lipinski definition) is 0. The molecule has 0 unspecified atom stereocenters. The summed E-state index contributed by atoms with van der Waals surface area (Å²) in [6.07, 6.45) is 0. The Bertz CT molecular complexity index is 1250. The van der Waals surface area contributed by atoms with E-state index in [1.807, 2.05) is 91.0 Å². The summed E-state index contributed by atoms with van der Waals surface area (Å²) < 4.78 is 17.1. The summed E-state index contributed by atoms with van der Waals surface area (Å²) in [5.74, 6) is -0.307. The van der Waals surface area contributed by atoms with E-state index in [0.717, 1.165) is 15.6 Å². The summed E-state index contributed by atoms with van der Waals surface area (Å²) in [7, 11) is -3.40. The van der Waals surface area contributed by atoms with Gasteiger partial charge >= 0.3 is 14.3 Å². The Hall–Kier alpha value is -4.43. The van der Waals surface area contributed by atoms with Crippen molar-refractivity contribution in [3.05, 3.63) is 119 Å². The molecule has 0 saturated carbocycles. The van der Waals surface area contributed by atoms with Crippen molar-refractivity contribution < 1.29 is 23.6 Å². The van der Waals surface area contributed by atoms with Crippen molar-refractivity contribution in [2.75, 3.05) is 6.79 Å². The number of rotatable bonds is 6. The van der Waals surface area contributed by atoms with E-state index < -0.39 is 24.9 Å². The highest BCUT2D eigenvalue weighted by molar-refractivity contribution is 7.07. The predicted molar refractivity (Wildman–Crippen MR) is 129 cm³/mol. The van der Waals surface area contributed by atoms with E-state index >= 15 is 0 Å². The largest absolute Gasteiger partial charge is 0.502 e. The summed E-state index contributed by atoms with van der Waals surface area (Å²) in [5.41, 5.74) is -0.583. The van der Waals surface area contributed by atoms with Crippen LogP contribution in [0.3, 0.4) is 0 Å². The Kier molecular flexibility index (Phi) is 5.57. The van der Waals surface area contributed by atoms with Gasteiger partial charge in [0.2, 0.25) is 6.79 Å². The standard InChI is InChI=1S/C26H19NO6Si/c28-26(22-16-24-25(32-18-31-24)17-23(22)27(29)30)33-34(19-10-4-1-5-11-19,20-12-6-2-7-13-20)21-14-8-3-9-15-21/h1-17H,18H2. The summed E-state index contributed by atoms with van der Waals surface area (Å²) in [5, 5.41) is 14.3. The zero-order valence-electron chi connectivity index (χ0n) is 17.9. The number of carbonyl (C=O) groups is 1. The van der Waals surface area contributed by atoms with Crippen LogP contribution in [0.25, 0.3) is 0 Å². The topological polar surface area (TPSA) is 87.9 Å². The van der Waals surface area contributed by atoms with Crippen LogP contribution in [0.5, 0.6) is 11.5 Å². The molecular formula is C26H19NO6Si. The van der Waals surface area contributed by atoms with Gasteiger partial charge in [-0.2, -0.15) is 0 Å². The molecular weight excluding hydrogens is 450 g/mol. The Morgan fingerprint density at radius 1 is 0.765 bits per heavy atom. The molecule has 0 aromatic heterocycles. The highest BCUT2D eigenvalue weighted by Gasteiger charge is 2.46. The minimum absolute atomic E-state index is 0.0677. The van der Waals surface area contributed by atoms with Gasteiger partial charge in [0.1, 0.15) is 5.56 Å². The Morgan fingerprint density at radius 3 is 1.65 bits per heavy atom. The molecule has 0 spiro atoms. The molecule has 0 saturated heterocycles. The van der Waals surface area contributed by atoms with Gasteiger partial charge in [-0.3, -0.25) is 10.1 Å². The lowest BCUT2D eigenvalue weighted by atomic mass is 10.1. The zero-order chi connectivity index (χ0) is 23.5. The van der Waals surface area contributed by atoms with Crippen molar-refractivity contribution in [1.29, 1.82) is 0 Å². The first kappa shape index (κ1) is 21.4. The van der Waals surface area contributed by atoms with Crippen molar-refractivity contribution in [2.45, 2.75) is 0 Å². The van der Waals surface area contributed by atoms with Crippen molar-refractivity contribution >= 4 is 35.5 Å². The third kappa shape index (κ3) is 3.69. The van der Waals surface area contributed by atoms with Crippen LogP contribution in [-0.2, 0) is 4.43 Å². The fourth-order valence-corrected chi connectivity index (χ4v) is 7.86. The number of nitro groups is 1. The first-order valence-electron chi connectivity index (χ1n) is 10.6. The monoisotopic (exact) mass is 469 g/mol. The average molecular weight is 470 g/mol. The molecule has 0 atom stereocenters. The second kappa shape index (κ2) is 8.84. The van der Waals surface area contributed by atoms with Gasteiger partial charge in [-0.1, -0.05) is 91.0 Å². The Labute approximate surface area is 196 Å². The average Bonchev–Trinajstić information content (AvgIpc) is 3.36. The van der Waals surface area contributed by atoms with Crippen molar-refractivity contribution in [3.63, 3.8) is 0 Å². The van der Waals surface area contributed by atoms with E-state index in [4.69, 9.17) is 13.9 Å². The van der Waals surface area contributed by atoms with Gasteiger partial charge in [-0.15, -0.1) is 0 Å². The lowest BCUT2D eigenvalue weighted by molar-refractivity contribution is -0.385. The third-order valence-electron chi connectivity index (χ3n) is 5.69. The van der Waals surface area contributed by atoms with E-state index in [2.05, 4.69) is 0 Å². The van der Waals surface area contributed by atoms with Crippen LogP contribution in [-0.4, -0.2) is 26.0 Å². The highest BCUT2D eigenvalue weighted by Crippen LogP contribution is 2.38. The van der Waals surface area contributed by atoms with Gasteiger partial charge in [0, 0.05) is 6.07 Å². The van der Waals surface area contributed by atoms with Gasteiger partial charge in [0.25, 0.3) is 5.69 Å². The molecule has 7 nitrogen and oxygen atoms in total. The number of nitro benzene ring substituents is 1. The molecule has 0 radical (unpaired) electrons. The number of fused-ring (bicyclic) bond motifs is 1. The third-order valence-corrected chi connectivity index (χ3v) is 9.62. The van der Waals surface area contributed by atoms with Crippen LogP contribution in [0.4, 0.5) is 5.69 Å². The first-order valence-corrected chi connectivity index (χ1v) is 12.5. The molecule has 1 aliphatic rings. The maximum absolute atomic E-state index is 13.7. The molecule has 5 rings (SSSR count). The van der Waals surface area contributed by atoms with Gasteiger partial charge in [0.05, 0.1) is 11.0 Å². The zero-order valence-corrected chi connectivity index (χ0v) is 18.9. The van der Waals surface area contributed by atoms with Crippen molar-refractivity contribution in [2.24, 2.45) is 0 Å². The van der Waals surface area contributed by atoms with E-state index in [9.17, 15) is 14.9 Å². The minimum Gasteiger partial charge on any atom is -0.502 e. The van der Waals surface area contributed by atoms with Crippen LogP contribution in [0.2, 0.25) is 0 Å². The van der Waals surface area contributed by atoms with Crippen LogP contribution >= 0.6 is 0 Å². The smallest absolute Gasteiger partial charge is 0.350 e. The fraction of sp³-hybridized carbons (Fsp3) is 0.0385. The summed E-state index contributed by atoms with van der Waals surface area (Å²) >= 11 is 0. The van der Waals surface area contributed by atoms with Gasteiger partial charge in [-0.05, 0) is 15.6 Å². The van der Waals surface area contributed by atoms with E-state index in [1.54, 1.807) is 0 Å². The van der Waals surface area contributed by atoms with E-state index in [0.29, 0.717) is 0 Å². The molecule has 0 bridgehead atoms. The molecule has 34 heavy (non-hydrogen) atoms. The lowest BCUT2D eigenvalue weighted by Crippen LogP contribution is -2.70. The number of benzene rings is 4. The van der Waals surface area contributed by atoms with Crippen molar-refractivity contribution in [3.8, 4) is 11.5 Å². The second-order valence-corrected chi connectivity index (χ2v) is 10.9. The second-order valence-electron chi connectivity index (χ2n) is 7.65. The number of hydrogen-bond acceptors (Lipinski definition) is 6. The maximum Gasteiger partial charge on any atom is 0.350 e. The lowest BCUT2D eigenvalue weighted by Gasteiger charge is -2.32. The number of carbonyl (C=O) groups excluding carboxylic acids is 1. The molecule has 1 aliphatic heterocycles. The molecule has 4 aromatic carbocycles. The molecule has 1 heterocycles. The molecule has 0 fully saturated rings. The summed E-state index contributed by atoms with van der Waals surface area (Å²) in [4.78, 5) is 24.9. The fourth-order valence-electron chi connectivity index (χ4n) is 4.14. The molecule has 8 heteroatoms. The number of nitrogens with zero attached hydrogens (tertiary/aromatic N) is 1. The predicted octanol–water partition coefficient (Wildman–Crippen LogP) is 3.15. The highest BCUT2D eigenvalue weighted by atomic mass is 28.4. The summed E-state index contributed by atoms with van der Waals surface area (Å²) in [6.45, 7) is -0.0677. The van der Waals surface area contributed by atoms with Crippen LogP contribution in [0, 0.1) is 10.1 Å². The first-order chi connectivity index (χ1) is 16.6. The van der Waals surface area contributed by atoms with E-state index in [-0.39, 0.29) is 23.9 Å². The number of ether oxygens (including phenoxy) is 2.